The lowest BCUT2D eigenvalue weighted by Crippen LogP contribution is -2.26. The van der Waals surface area contributed by atoms with Crippen molar-refractivity contribution in [1.82, 2.24) is 19.9 Å². The first-order valence-electron chi connectivity index (χ1n) is 7.07. The molecule has 0 amide bonds. The SMILES string of the molecule is Cc1cc(NC2CCN(Cc3ccc(Br)cn3)C2)ncn1. The average molecular weight is 348 g/mol. The summed E-state index contributed by atoms with van der Waals surface area (Å²) in [6, 6.07) is 6.53. The second-order valence-corrected chi connectivity index (χ2v) is 6.29. The number of aryl methyl sites for hydroxylation is 1. The summed E-state index contributed by atoms with van der Waals surface area (Å²) in [5.41, 5.74) is 2.10. The highest BCUT2D eigenvalue weighted by molar-refractivity contribution is 9.10. The van der Waals surface area contributed by atoms with Gasteiger partial charge in [-0.1, -0.05) is 0 Å². The third kappa shape index (κ3) is 3.98. The quantitative estimate of drug-likeness (QED) is 0.921. The number of hydrogen-bond donors (Lipinski definition) is 1. The fourth-order valence-electron chi connectivity index (χ4n) is 2.57. The van der Waals surface area contributed by atoms with Gasteiger partial charge in [0.2, 0.25) is 0 Å². The Balaban J connectivity index is 1.54. The Morgan fingerprint density at radius 3 is 3.00 bits per heavy atom. The van der Waals surface area contributed by atoms with Crippen molar-refractivity contribution in [3.8, 4) is 0 Å². The van der Waals surface area contributed by atoms with Crippen LogP contribution < -0.4 is 5.32 Å². The standard InChI is InChI=1S/C15H18BrN5/c1-11-6-15(19-10-18-11)20-14-4-5-21(9-14)8-13-3-2-12(16)7-17-13/h2-3,6-7,10,14H,4-5,8-9H2,1H3,(H,18,19,20). The fraction of sp³-hybridized carbons (Fsp3) is 0.400. The van der Waals surface area contributed by atoms with Crippen LogP contribution in [-0.4, -0.2) is 39.0 Å². The van der Waals surface area contributed by atoms with E-state index in [0.717, 1.165) is 47.7 Å². The van der Waals surface area contributed by atoms with Crippen molar-refractivity contribution in [3.63, 3.8) is 0 Å². The van der Waals surface area contributed by atoms with Crippen molar-refractivity contribution in [1.29, 1.82) is 0 Å². The van der Waals surface area contributed by atoms with Gasteiger partial charge in [0.15, 0.2) is 0 Å². The number of likely N-dealkylation sites (tertiary alicyclic amines) is 1. The Morgan fingerprint density at radius 1 is 1.33 bits per heavy atom. The Morgan fingerprint density at radius 2 is 2.24 bits per heavy atom. The molecule has 110 valence electrons. The van der Waals surface area contributed by atoms with Crippen LogP contribution in [0.25, 0.3) is 0 Å². The van der Waals surface area contributed by atoms with E-state index in [1.54, 1.807) is 6.33 Å². The van der Waals surface area contributed by atoms with E-state index in [2.05, 4.69) is 47.2 Å². The maximum atomic E-state index is 4.43. The number of hydrogen-bond acceptors (Lipinski definition) is 5. The van der Waals surface area contributed by atoms with Gasteiger partial charge in [0, 0.05) is 48.1 Å². The normalized spacial score (nSPS) is 18.9. The summed E-state index contributed by atoms with van der Waals surface area (Å²) in [6.07, 6.45) is 4.58. The van der Waals surface area contributed by atoms with E-state index in [1.165, 1.54) is 0 Å². The van der Waals surface area contributed by atoms with Gasteiger partial charge < -0.3 is 5.32 Å². The number of pyridine rings is 1. The zero-order chi connectivity index (χ0) is 14.7. The molecule has 1 saturated heterocycles. The van der Waals surface area contributed by atoms with Crippen LogP contribution in [0.3, 0.4) is 0 Å². The first-order valence-corrected chi connectivity index (χ1v) is 7.86. The summed E-state index contributed by atoms with van der Waals surface area (Å²) in [5, 5.41) is 3.49. The van der Waals surface area contributed by atoms with Gasteiger partial charge in [-0.25, -0.2) is 9.97 Å². The van der Waals surface area contributed by atoms with Crippen LogP contribution in [-0.2, 0) is 6.54 Å². The second kappa shape index (κ2) is 6.49. The summed E-state index contributed by atoms with van der Waals surface area (Å²) in [4.78, 5) is 15.2. The van der Waals surface area contributed by atoms with Crippen molar-refractivity contribution in [3.05, 3.63) is 46.6 Å². The lowest BCUT2D eigenvalue weighted by atomic mass is 10.2. The number of nitrogens with zero attached hydrogens (tertiary/aromatic N) is 4. The lowest BCUT2D eigenvalue weighted by Gasteiger charge is -2.16. The van der Waals surface area contributed by atoms with Crippen molar-refractivity contribution >= 4 is 21.7 Å². The molecular formula is C15H18BrN5. The van der Waals surface area contributed by atoms with Gasteiger partial charge >= 0.3 is 0 Å². The molecule has 1 aliphatic heterocycles. The van der Waals surface area contributed by atoms with E-state index < -0.39 is 0 Å². The average Bonchev–Trinajstić information content (AvgIpc) is 2.89. The zero-order valence-corrected chi connectivity index (χ0v) is 13.5. The van der Waals surface area contributed by atoms with Crippen LogP contribution >= 0.6 is 15.9 Å². The van der Waals surface area contributed by atoms with Gasteiger partial charge in [0.25, 0.3) is 0 Å². The summed E-state index contributed by atoms with van der Waals surface area (Å²) < 4.78 is 1.02. The molecule has 0 aromatic carbocycles. The van der Waals surface area contributed by atoms with Gasteiger partial charge in [-0.15, -0.1) is 0 Å². The molecule has 0 saturated carbocycles. The Bertz CT molecular complexity index is 601. The molecule has 0 aliphatic carbocycles. The van der Waals surface area contributed by atoms with Crippen molar-refractivity contribution < 1.29 is 0 Å². The Labute approximate surface area is 133 Å². The lowest BCUT2D eigenvalue weighted by molar-refractivity contribution is 0.324. The topological polar surface area (TPSA) is 53.9 Å². The molecule has 1 unspecified atom stereocenters. The maximum Gasteiger partial charge on any atom is 0.129 e. The second-order valence-electron chi connectivity index (χ2n) is 5.38. The number of halogens is 1. The van der Waals surface area contributed by atoms with Crippen LogP contribution in [0.15, 0.2) is 35.2 Å². The summed E-state index contributed by atoms with van der Waals surface area (Å²) >= 11 is 3.41. The third-order valence-corrected chi connectivity index (χ3v) is 4.07. The molecule has 6 heteroatoms. The Kier molecular flexibility index (Phi) is 4.45. The molecule has 5 nitrogen and oxygen atoms in total. The zero-order valence-electron chi connectivity index (χ0n) is 12.0. The van der Waals surface area contributed by atoms with E-state index in [9.17, 15) is 0 Å². The third-order valence-electron chi connectivity index (χ3n) is 3.60. The predicted molar refractivity (Wildman–Crippen MR) is 86.0 cm³/mol. The van der Waals surface area contributed by atoms with Gasteiger partial charge in [-0.2, -0.15) is 0 Å². The Hall–Kier alpha value is -1.53. The van der Waals surface area contributed by atoms with E-state index >= 15 is 0 Å². The molecule has 0 spiro atoms. The van der Waals surface area contributed by atoms with Crippen molar-refractivity contribution in [2.45, 2.75) is 25.9 Å². The van der Waals surface area contributed by atoms with Crippen LogP contribution in [0.2, 0.25) is 0 Å². The van der Waals surface area contributed by atoms with Gasteiger partial charge in [-0.3, -0.25) is 9.88 Å². The van der Waals surface area contributed by atoms with E-state index in [4.69, 9.17) is 0 Å². The molecule has 1 aliphatic rings. The smallest absolute Gasteiger partial charge is 0.129 e. The minimum absolute atomic E-state index is 0.440. The first kappa shape index (κ1) is 14.4. The number of aromatic nitrogens is 3. The van der Waals surface area contributed by atoms with Crippen LogP contribution in [0.5, 0.6) is 0 Å². The van der Waals surface area contributed by atoms with Crippen LogP contribution in [0.1, 0.15) is 17.8 Å². The number of rotatable bonds is 4. The monoisotopic (exact) mass is 347 g/mol. The summed E-state index contributed by atoms with van der Waals surface area (Å²) in [7, 11) is 0. The molecule has 3 rings (SSSR count). The highest BCUT2D eigenvalue weighted by atomic mass is 79.9. The molecule has 2 aromatic heterocycles. The molecular weight excluding hydrogens is 330 g/mol. The molecule has 1 atom stereocenters. The highest BCUT2D eigenvalue weighted by Crippen LogP contribution is 2.17. The first-order chi connectivity index (χ1) is 10.2. The summed E-state index contributed by atoms with van der Waals surface area (Å²) in [6.45, 7) is 4.97. The van der Waals surface area contributed by atoms with E-state index in [1.807, 2.05) is 25.3 Å². The highest BCUT2D eigenvalue weighted by Gasteiger charge is 2.22. The molecule has 1 fully saturated rings. The fourth-order valence-corrected chi connectivity index (χ4v) is 2.80. The number of anilines is 1. The van der Waals surface area contributed by atoms with Gasteiger partial charge in [0.05, 0.1) is 5.69 Å². The van der Waals surface area contributed by atoms with Gasteiger partial charge in [0.1, 0.15) is 12.1 Å². The van der Waals surface area contributed by atoms with Crippen LogP contribution in [0.4, 0.5) is 5.82 Å². The van der Waals surface area contributed by atoms with Gasteiger partial charge in [-0.05, 0) is 41.4 Å². The molecule has 21 heavy (non-hydrogen) atoms. The molecule has 0 bridgehead atoms. The predicted octanol–water partition coefficient (Wildman–Crippen LogP) is 2.63. The molecule has 2 aromatic rings. The molecule has 3 heterocycles. The number of nitrogens with one attached hydrogen (secondary N) is 1. The minimum Gasteiger partial charge on any atom is -0.366 e. The minimum atomic E-state index is 0.440. The summed E-state index contributed by atoms with van der Waals surface area (Å²) in [5.74, 6) is 0.913. The van der Waals surface area contributed by atoms with Crippen LogP contribution in [0, 0.1) is 6.92 Å². The van der Waals surface area contributed by atoms with E-state index in [-0.39, 0.29) is 0 Å². The van der Waals surface area contributed by atoms with E-state index in [0.29, 0.717) is 6.04 Å². The van der Waals surface area contributed by atoms with Crippen molar-refractivity contribution in [2.75, 3.05) is 18.4 Å². The van der Waals surface area contributed by atoms with Crippen molar-refractivity contribution in [2.24, 2.45) is 0 Å². The maximum absolute atomic E-state index is 4.43. The molecule has 0 radical (unpaired) electrons. The molecule has 1 N–H and O–H groups in total. The largest absolute Gasteiger partial charge is 0.366 e.